The molecule has 4 rings (SSSR count). The highest BCUT2D eigenvalue weighted by Crippen LogP contribution is 2.32. The van der Waals surface area contributed by atoms with E-state index in [0.717, 1.165) is 17.0 Å². The van der Waals surface area contributed by atoms with Crippen molar-refractivity contribution in [2.75, 3.05) is 26.8 Å². The van der Waals surface area contributed by atoms with E-state index in [-0.39, 0.29) is 10.8 Å². The summed E-state index contributed by atoms with van der Waals surface area (Å²) in [5.74, 6) is 0.856. The van der Waals surface area contributed by atoms with E-state index in [1.54, 1.807) is 31.5 Å². The van der Waals surface area contributed by atoms with Gasteiger partial charge in [-0.05, 0) is 36.8 Å². The van der Waals surface area contributed by atoms with E-state index in [4.69, 9.17) is 21.3 Å². The number of aromatic nitrogens is 3. The number of fused-ring (bicyclic) bond motifs is 1. The number of hydrogen-bond donors (Lipinski definition) is 0. The molecule has 0 N–H and O–H groups in total. The SMILES string of the molecule is COCCn1c([C@@H]2CCN(S(=O)(=O)c3cccc(Cl)c3)C2)nc2cccnc21. The number of methoxy groups -OCH3 is 1. The van der Waals surface area contributed by atoms with Gasteiger partial charge >= 0.3 is 0 Å². The van der Waals surface area contributed by atoms with Gasteiger partial charge in [0.15, 0.2) is 5.65 Å². The molecule has 3 aromatic rings. The number of pyridine rings is 1. The molecule has 0 amide bonds. The molecule has 0 saturated carbocycles. The fourth-order valence-electron chi connectivity index (χ4n) is 3.62. The first kappa shape index (κ1) is 19.3. The number of nitrogens with zero attached hydrogens (tertiary/aromatic N) is 4. The minimum Gasteiger partial charge on any atom is -0.383 e. The van der Waals surface area contributed by atoms with Gasteiger partial charge in [-0.2, -0.15) is 4.31 Å². The molecule has 7 nitrogen and oxygen atoms in total. The highest BCUT2D eigenvalue weighted by molar-refractivity contribution is 7.89. The van der Waals surface area contributed by atoms with Gasteiger partial charge in [-0.1, -0.05) is 17.7 Å². The van der Waals surface area contributed by atoms with Crippen molar-refractivity contribution in [3.63, 3.8) is 0 Å². The topological polar surface area (TPSA) is 77.3 Å². The van der Waals surface area contributed by atoms with Crippen molar-refractivity contribution < 1.29 is 13.2 Å². The largest absolute Gasteiger partial charge is 0.383 e. The van der Waals surface area contributed by atoms with Crippen LogP contribution in [0.4, 0.5) is 0 Å². The van der Waals surface area contributed by atoms with Crippen molar-refractivity contribution in [1.82, 2.24) is 18.8 Å². The quantitative estimate of drug-likeness (QED) is 0.612. The molecule has 9 heteroatoms. The second kappa shape index (κ2) is 7.79. The van der Waals surface area contributed by atoms with Crippen LogP contribution in [0.2, 0.25) is 5.02 Å². The molecule has 1 aromatic carbocycles. The van der Waals surface area contributed by atoms with Crippen LogP contribution in [0.3, 0.4) is 0 Å². The number of benzene rings is 1. The van der Waals surface area contributed by atoms with E-state index in [2.05, 4.69) is 4.98 Å². The first-order valence-corrected chi connectivity index (χ1v) is 10.9. The molecule has 1 aliphatic rings. The molecular weight excluding hydrogens is 400 g/mol. The molecule has 0 aliphatic carbocycles. The van der Waals surface area contributed by atoms with Crippen molar-refractivity contribution in [1.29, 1.82) is 0 Å². The normalized spacial score (nSPS) is 18.1. The molecular formula is C19H21ClN4O3S. The zero-order valence-electron chi connectivity index (χ0n) is 15.5. The monoisotopic (exact) mass is 420 g/mol. The van der Waals surface area contributed by atoms with Crippen molar-refractivity contribution in [2.24, 2.45) is 0 Å². The van der Waals surface area contributed by atoms with Gasteiger partial charge in [-0.25, -0.2) is 18.4 Å². The summed E-state index contributed by atoms with van der Waals surface area (Å²) < 4.78 is 34.8. The molecule has 1 atom stereocenters. The van der Waals surface area contributed by atoms with E-state index in [0.29, 0.717) is 37.7 Å². The molecule has 0 spiro atoms. The minimum atomic E-state index is -3.59. The average Bonchev–Trinajstić information content (AvgIpc) is 3.31. The van der Waals surface area contributed by atoms with Gasteiger partial charge in [-0.15, -0.1) is 0 Å². The molecule has 28 heavy (non-hydrogen) atoms. The lowest BCUT2D eigenvalue weighted by Crippen LogP contribution is -2.29. The predicted octanol–water partition coefficient (Wildman–Crippen LogP) is 2.91. The minimum absolute atomic E-state index is 0.0000142. The highest BCUT2D eigenvalue weighted by Gasteiger charge is 2.35. The standard InChI is InChI=1S/C19H21ClN4O3S/c1-27-11-10-24-18(22-17-6-3-8-21-19(17)24)14-7-9-23(13-14)28(25,26)16-5-2-4-15(20)12-16/h2-6,8,12,14H,7,9-11,13H2,1H3/t14-/m1/s1. The van der Waals surface area contributed by atoms with Crippen LogP contribution in [0.15, 0.2) is 47.5 Å². The lowest BCUT2D eigenvalue weighted by molar-refractivity contribution is 0.187. The van der Waals surface area contributed by atoms with E-state index < -0.39 is 10.0 Å². The molecule has 3 heterocycles. The van der Waals surface area contributed by atoms with Crippen LogP contribution in [-0.2, 0) is 21.3 Å². The highest BCUT2D eigenvalue weighted by atomic mass is 35.5. The van der Waals surface area contributed by atoms with Crippen LogP contribution in [0.1, 0.15) is 18.2 Å². The first-order valence-electron chi connectivity index (χ1n) is 9.06. The molecule has 148 valence electrons. The van der Waals surface area contributed by atoms with Crippen molar-refractivity contribution in [3.05, 3.63) is 53.4 Å². The Bertz CT molecular complexity index is 1100. The Balaban J connectivity index is 1.64. The van der Waals surface area contributed by atoms with Gasteiger partial charge < -0.3 is 9.30 Å². The van der Waals surface area contributed by atoms with Crippen LogP contribution >= 0.6 is 11.6 Å². The molecule has 2 aromatic heterocycles. The Morgan fingerprint density at radius 2 is 2.14 bits per heavy atom. The van der Waals surface area contributed by atoms with E-state index >= 15 is 0 Å². The number of hydrogen-bond acceptors (Lipinski definition) is 5. The second-order valence-electron chi connectivity index (χ2n) is 6.77. The maximum Gasteiger partial charge on any atom is 0.243 e. The van der Waals surface area contributed by atoms with Crippen molar-refractivity contribution in [3.8, 4) is 0 Å². The third kappa shape index (κ3) is 3.53. The Morgan fingerprint density at radius 1 is 1.29 bits per heavy atom. The average molecular weight is 421 g/mol. The van der Waals surface area contributed by atoms with Crippen LogP contribution in [0.25, 0.3) is 11.2 Å². The maximum atomic E-state index is 13.0. The summed E-state index contributed by atoms with van der Waals surface area (Å²) in [5, 5.41) is 0.407. The van der Waals surface area contributed by atoms with Gasteiger partial charge in [0.1, 0.15) is 11.3 Å². The number of imidazole rings is 1. The maximum absolute atomic E-state index is 13.0. The fourth-order valence-corrected chi connectivity index (χ4v) is 5.43. The third-order valence-electron chi connectivity index (χ3n) is 5.00. The fraction of sp³-hybridized carbons (Fsp3) is 0.368. The molecule has 1 saturated heterocycles. The summed E-state index contributed by atoms with van der Waals surface area (Å²) in [7, 11) is -1.94. The summed E-state index contributed by atoms with van der Waals surface area (Å²) in [6.07, 6.45) is 2.44. The molecule has 1 aliphatic heterocycles. The van der Waals surface area contributed by atoms with Crippen LogP contribution in [-0.4, -0.2) is 54.1 Å². The van der Waals surface area contributed by atoms with Crippen LogP contribution in [0, 0.1) is 0 Å². The van der Waals surface area contributed by atoms with Crippen molar-refractivity contribution >= 4 is 32.8 Å². The Kier molecular flexibility index (Phi) is 5.37. The number of halogens is 1. The Hall–Kier alpha value is -2.00. The lowest BCUT2D eigenvalue weighted by atomic mass is 10.1. The number of sulfonamides is 1. The number of ether oxygens (including phenoxy) is 1. The Labute approximate surface area is 169 Å². The predicted molar refractivity (Wildman–Crippen MR) is 107 cm³/mol. The zero-order valence-corrected chi connectivity index (χ0v) is 17.0. The van der Waals surface area contributed by atoms with Gasteiger partial charge in [0.25, 0.3) is 0 Å². The van der Waals surface area contributed by atoms with Gasteiger partial charge in [0, 0.05) is 43.9 Å². The van der Waals surface area contributed by atoms with Crippen LogP contribution < -0.4 is 0 Å². The Morgan fingerprint density at radius 3 is 2.93 bits per heavy atom. The van der Waals surface area contributed by atoms with Crippen LogP contribution in [0.5, 0.6) is 0 Å². The van der Waals surface area contributed by atoms with Crippen molar-refractivity contribution in [2.45, 2.75) is 23.8 Å². The third-order valence-corrected chi connectivity index (χ3v) is 7.10. The molecule has 1 fully saturated rings. The first-order chi connectivity index (χ1) is 13.5. The number of rotatable bonds is 6. The van der Waals surface area contributed by atoms with E-state index in [9.17, 15) is 8.42 Å². The molecule has 0 radical (unpaired) electrons. The smallest absolute Gasteiger partial charge is 0.243 e. The summed E-state index contributed by atoms with van der Waals surface area (Å²) >= 11 is 5.98. The van der Waals surface area contributed by atoms with Gasteiger partial charge in [0.05, 0.1) is 11.5 Å². The van der Waals surface area contributed by atoms with E-state index in [1.165, 1.54) is 10.4 Å². The summed E-state index contributed by atoms with van der Waals surface area (Å²) in [6, 6.07) is 10.2. The summed E-state index contributed by atoms with van der Waals surface area (Å²) in [6.45, 7) is 1.98. The lowest BCUT2D eigenvalue weighted by Gasteiger charge is -2.17. The summed E-state index contributed by atoms with van der Waals surface area (Å²) in [5.41, 5.74) is 1.61. The summed E-state index contributed by atoms with van der Waals surface area (Å²) in [4.78, 5) is 9.42. The zero-order chi connectivity index (χ0) is 19.7. The van der Waals surface area contributed by atoms with E-state index in [1.807, 2.05) is 16.7 Å². The van der Waals surface area contributed by atoms with Gasteiger partial charge in [-0.3, -0.25) is 0 Å². The second-order valence-corrected chi connectivity index (χ2v) is 9.14. The molecule has 0 bridgehead atoms. The van der Waals surface area contributed by atoms with Gasteiger partial charge in [0.2, 0.25) is 10.0 Å². The molecule has 0 unspecified atom stereocenters.